The molecule has 28 heavy (non-hydrogen) atoms. The van der Waals surface area contributed by atoms with Gasteiger partial charge in [0.2, 0.25) is 0 Å². The van der Waals surface area contributed by atoms with Crippen molar-refractivity contribution in [3.63, 3.8) is 0 Å². The number of anilines is 2. The third kappa shape index (κ3) is 5.07. The van der Waals surface area contributed by atoms with Crippen LogP contribution in [0.4, 0.5) is 11.4 Å². The Labute approximate surface area is 161 Å². The fourth-order valence-electron chi connectivity index (χ4n) is 2.37. The van der Waals surface area contributed by atoms with Crippen LogP contribution < -0.4 is 15.4 Å². The van der Waals surface area contributed by atoms with Gasteiger partial charge in [-0.25, -0.2) is 0 Å². The summed E-state index contributed by atoms with van der Waals surface area (Å²) in [5, 5.41) is 5.39. The highest BCUT2D eigenvalue weighted by Crippen LogP contribution is 2.16. The fourth-order valence-corrected chi connectivity index (χ4v) is 2.37. The molecule has 0 aliphatic carbocycles. The van der Waals surface area contributed by atoms with E-state index in [0.717, 1.165) is 0 Å². The van der Waals surface area contributed by atoms with Crippen molar-refractivity contribution in [3.8, 4) is 5.75 Å². The zero-order valence-electron chi connectivity index (χ0n) is 15.1. The minimum absolute atomic E-state index is 0.0342. The predicted octanol–water partition coefficient (Wildman–Crippen LogP) is 3.75. The maximum atomic E-state index is 12.0. The van der Waals surface area contributed by atoms with Crippen molar-refractivity contribution in [1.29, 1.82) is 0 Å². The Morgan fingerprint density at radius 2 is 1.54 bits per heavy atom. The maximum absolute atomic E-state index is 12.0. The molecule has 7 nitrogen and oxygen atoms in total. The van der Waals surface area contributed by atoms with E-state index in [2.05, 4.69) is 10.6 Å². The SMILES string of the molecule is CC(=O)c1ccc(OCC(=O)Nc2ccc(NC(=O)c3ccco3)cc2)cc1. The second kappa shape index (κ2) is 8.68. The van der Waals surface area contributed by atoms with Crippen LogP contribution in [0.2, 0.25) is 0 Å². The van der Waals surface area contributed by atoms with Crippen molar-refractivity contribution in [2.75, 3.05) is 17.2 Å². The maximum Gasteiger partial charge on any atom is 0.291 e. The van der Waals surface area contributed by atoms with Crippen molar-refractivity contribution in [1.82, 2.24) is 0 Å². The molecule has 3 rings (SSSR count). The van der Waals surface area contributed by atoms with E-state index in [4.69, 9.17) is 9.15 Å². The van der Waals surface area contributed by atoms with Gasteiger partial charge >= 0.3 is 0 Å². The molecule has 2 N–H and O–H groups in total. The molecular weight excluding hydrogens is 360 g/mol. The average Bonchev–Trinajstić information content (AvgIpc) is 3.23. The van der Waals surface area contributed by atoms with Gasteiger partial charge in [0.1, 0.15) is 5.75 Å². The van der Waals surface area contributed by atoms with Gasteiger partial charge in [-0.2, -0.15) is 0 Å². The molecule has 0 saturated heterocycles. The minimum atomic E-state index is -0.356. The molecule has 2 aromatic carbocycles. The zero-order chi connectivity index (χ0) is 19.9. The Hall–Kier alpha value is -3.87. The second-order valence-electron chi connectivity index (χ2n) is 5.93. The number of amides is 2. The number of carbonyl (C=O) groups excluding carboxylic acids is 3. The molecule has 2 amide bonds. The molecule has 0 fully saturated rings. The van der Waals surface area contributed by atoms with Crippen molar-refractivity contribution in [3.05, 3.63) is 78.3 Å². The number of hydrogen-bond donors (Lipinski definition) is 2. The number of hydrogen-bond acceptors (Lipinski definition) is 5. The molecule has 0 atom stereocenters. The number of Topliss-reactive ketones (excluding diaryl/α,β-unsaturated/α-hetero) is 1. The molecule has 142 valence electrons. The van der Waals surface area contributed by atoms with Crippen LogP contribution in [-0.2, 0) is 4.79 Å². The number of ether oxygens (including phenoxy) is 1. The molecule has 0 aliphatic rings. The highest BCUT2D eigenvalue weighted by Gasteiger charge is 2.09. The Morgan fingerprint density at radius 3 is 2.11 bits per heavy atom. The minimum Gasteiger partial charge on any atom is -0.484 e. The third-order valence-electron chi connectivity index (χ3n) is 3.80. The lowest BCUT2D eigenvalue weighted by molar-refractivity contribution is -0.118. The molecule has 0 aliphatic heterocycles. The standard InChI is InChI=1S/C21H18N2O5/c1-14(24)15-4-10-18(11-5-15)28-13-20(25)22-16-6-8-17(9-7-16)23-21(26)19-3-2-12-27-19/h2-12H,13H2,1H3,(H,22,25)(H,23,26). The Morgan fingerprint density at radius 1 is 0.893 bits per heavy atom. The molecule has 0 saturated carbocycles. The number of ketones is 1. The molecule has 1 heterocycles. The first-order valence-corrected chi connectivity index (χ1v) is 8.50. The van der Waals surface area contributed by atoms with E-state index < -0.39 is 0 Å². The van der Waals surface area contributed by atoms with Crippen LogP contribution in [0.3, 0.4) is 0 Å². The van der Waals surface area contributed by atoms with Gasteiger partial charge in [-0.1, -0.05) is 0 Å². The summed E-state index contributed by atoms with van der Waals surface area (Å²) in [5.74, 6) is -0.0101. The summed E-state index contributed by atoms with van der Waals surface area (Å²) < 4.78 is 10.4. The van der Waals surface area contributed by atoms with E-state index in [1.165, 1.54) is 13.2 Å². The highest BCUT2D eigenvalue weighted by atomic mass is 16.5. The lowest BCUT2D eigenvalue weighted by Crippen LogP contribution is -2.20. The second-order valence-corrected chi connectivity index (χ2v) is 5.93. The monoisotopic (exact) mass is 378 g/mol. The van der Waals surface area contributed by atoms with Crippen LogP contribution in [0.15, 0.2) is 71.3 Å². The zero-order valence-corrected chi connectivity index (χ0v) is 15.1. The highest BCUT2D eigenvalue weighted by molar-refractivity contribution is 6.02. The fraction of sp³-hybridized carbons (Fsp3) is 0.0952. The van der Waals surface area contributed by atoms with E-state index in [1.807, 2.05) is 0 Å². The number of benzene rings is 2. The van der Waals surface area contributed by atoms with Crippen LogP contribution >= 0.6 is 0 Å². The first-order valence-electron chi connectivity index (χ1n) is 8.50. The summed E-state index contributed by atoms with van der Waals surface area (Å²) in [5.41, 5.74) is 1.72. The Bertz CT molecular complexity index is 961. The normalized spacial score (nSPS) is 10.2. The average molecular weight is 378 g/mol. The summed E-state index contributed by atoms with van der Waals surface area (Å²) in [6.07, 6.45) is 1.42. The van der Waals surface area contributed by atoms with Crippen molar-refractivity contribution >= 4 is 29.0 Å². The quantitative estimate of drug-likeness (QED) is 0.610. The van der Waals surface area contributed by atoms with Gasteiger partial charge in [0.05, 0.1) is 6.26 Å². The van der Waals surface area contributed by atoms with E-state index in [1.54, 1.807) is 60.7 Å². The van der Waals surface area contributed by atoms with E-state index in [-0.39, 0.29) is 30.0 Å². The molecule has 3 aromatic rings. The van der Waals surface area contributed by atoms with E-state index in [9.17, 15) is 14.4 Å². The van der Waals surface area contributed by atoms with Crippen LogP contribution in [-0.4, -0.2) is 24.2 Å². The molecule has 1 aromatic heterocycles. The largest absolute Gasteiger partial charge is 0.484 e. The number of nitrogens with one attached hydrogen (secondary N) is 2. The van der Waals surface area contributed by atoms with Gasteiger partial charge in [0, 0.05) is 16.9 Å². The van der Waals surface area contributed by atoms with Gasteiger partial charge in [-0.3, -0.25) is 14.4 Å². The summed E-state index contributed by atoms with van der Waals surface area (Å²) >= 11 is 0. The van der Waals surface area contributed by atoms with Crippen molar-refractivity contribution in [2.24, 2.45) is 0 Å². The molecule has 0 unspecified atom stereocenters. The number of carbonyl (C=O) groups is 3. The molecule has 7 heteroatoms. The van der Waals surface area contributed by atoms with Crippen molar-refractivity contribution in [2.45, 2.75) is 6.92 Å². The van der Waals surface area contributed by atoms with Gasteiger partial charge < -0.3 is 19.8 Å². The van der Waals surface area contributed by atoms with E-state index >= 15 is 0 Å². The van der Waals surface area contributed by atoms with Crippen LogP contribution in [0.5, 0.6) is 5.75 Å². The number of furan rings is 1. The molecular formula is C21H18N2O5. The van der Waals surface area contributed by atoms with E-state index in [0.29, 0.717) is 22.7 Å². The van der Waals surface area contributed by atoms with Crippen LogP contribution in [0, 0.1) is 0 Å². The summed E-state index contributed by atoms with van der Waals surface area (Å²) in [6, 6.07) is 16.4. The van der Waals surface area contributed by atoms with Gasteiger partial charge in [0.15, 0.2) is 18.2 Å². The lowest BCUT2D eigenvalue weighted by Gasteiger charge is -2.09. The Kier molecular flexibility index (Phi) is 5.86. The lowest BCUT2D eigenvalue weighted by atomic mass is 10.1. The molecule has 0 radical (unpaired) electrons. The summed E-state index contributed by atoms with van der Waals surface area (Å²) in [6.45, 7) is 1.31. The predicted molar refractivity (Wildman–Crippen MR) is 104 cm³/mol. The van der Waals surface area contributed by atoms with Crippen LogP contribution in [0.25, 0.3) is 0 Å². The summed E-state index contributed by atoms with van der Waals surface area (Å²) in [7, 11) is 0. The third-order valence-corrected chi connectivity index (χ3v) is 3.80. The first kappa shape index (κ1) is 18.9. The van der Waals surface area contributed by atoms with Gasteiger partial charge in [0.25, 0.3) is 11.8 Å². The summed E-state index contributed by atoms with van der Waals surface area (Å²) in [4.78, 5) is 35.1. The smallest absolute Gasteiger partial charge is 0.291 e. The Balaban J connectivity index is 1.48. The molecule has 0 bridgehead atoms. The van der Waals surface area contributed by atoms with Gasteiger partial charge in [-0.05, 0) is 67.6 Å². The van der Waals surface area contributed by atoms with Crippen LogP contribution in [0.1, 0.15) is 27.8 Å². The number of rotatable bonds is 7. The topological polar surface area (TPSA) is 97.6 Å². The molecule has 0 spiro atoms. The van der Waals surface area contributed by atoms with Crippen molar-refractivity contribution < 1.29 is 23.5 Å². The van der Waals surface area contributed by atoms with Gasteiger partial charge in [-0.15, -0.1) is 0 Å². The first-order chi connectivity index (χ1) is 13.5.